The lowest BCUT2D eigenvalue weighted by molar-refractivity contribution is -0.115. The number of carbonyl (C=O) groups is 2. The van der Waals surface area contributed by atoms with Crippen LogP contribution in [0.1, 0.15) is 5.56 Å². The quantitative estimate of drug-likeness (QED) is 0.546. The molecule has 0 aliphatic carbocycles. The number of fused-ring (bicyclic) bond motifs is 1. The summed E-state index contributed by atoms with van der Waals surface area (Å²) in [6.45, 7) is 0.480. The zero-order valence-corrected chi connectivity index (χ0v) is 13.2. The van der Waals surface area contributed by atoms with Gasteiger partial charge in [0.05, 0.1) is 6.42 Å². The average Bonchev–Trinajstić information content (AvgIpc) is 3.08. The molecule has 9 nitrogen and oxygen atoms in total. The van der Waals surface area contributed by atoms with Gasteiger partial charge in [0.25, 0.3) is 0 Å². The highest BCUT2D eigenvalue weighted by Gasteiger charge is 2.17. The number of thioether (sulfide) groups is 1. The van der Waals surface area contributed by atoms with Gasteiger partial charge in [0.1, 0.15) is 0 Å². The van der Waals surface area contributed by atoms with Crippen molar-refractivity contribution in [1.29, 1.82) is 0 Å². The summed E-state index contributed by atoms with van der Waals surface area (Å²) >= 11 is 1.46. The van der Waals surface area contributed by atoms with Crippen LogP contribution in [-0.2, 0) is 18.3 Å². The number of carbonyl (C=O) groups excluding carboxylic acids is 2. The number of hydrogen-bond donors (Lipinski definition) is 3. The Labute approximate surface area is 136 Å². The van der Waals surface area contributed by atoms with Crippen molar-refractivity contribution in [3.63, 3.8) is 0 Å². The summed E-state index contributed by atoms with van der Waals surface area (Å²) in [6.07, 6.45) is 0.342. The molecule has 0 fully saturated rings. The molecule has 120 valence electrons. The largest absolute Gasteiger partial charge is 0.337 e. The third-order valence-electron chi connectivity index (χ3n) is 3.19. The van der Waals surface area contributed by atoms with Crippen LogP contribution in [-0.4, -0.2) is 44.4 Å². The summed E-state index contributed by atoms with van der Waals surface area (Å²) in [7, 11) is 1.76. The minimum atomic E-state index is -0.293. The molecule has 0 saturated carbocycles. The Hall–Kier alpha value is -2.62. The number of aromatic nitrogens is 4. The maximum atomic E-state index is 11.8. The molecule has 1 aliphatic heterocycles. The third-order valence-corrected chi connectivity index (χ3v) is 4.20. The zero-order chi connectivity index (χ0) is 16.2. The Bertz CT molecular complexity index is 746. The summed E-state index contributed by atoms with van der Waals surface area (Å²) in [5.41, 5.74) is 2.34. The Balaban J connectivity index is 1.44. The van der Waals surface area contributed by atoms with Crippen molar-refractivity contribution in [3.8, 4) is 0 Å². The maximum Gasteiger partial charge on any atom is 0.319 e. The van der Waals surface area contributed by atoms with Crippen LogP contribution in [0.4, 0.5) is 16.2 Å². The SMILES string of the molecule is Cn1nnnc1SCCNC(=O)Nc1ccc2c(c1)CC(=O)N2. The van der Waals surface area contributed by atoms with Crippen molar-refractivity contribution in [2.24, 2.45) is 7.05 Å². The molecule has 0 saturated heterocycles. The second-order valence-corrected chi connectivity index (χ2v) is 5.97. The molecule has 0 atom stereocenters. The predicted octanol–water partition coefficient (Wildman–Crippen LogP) is 0.618. The number of nitrogens with one attached hydrogen (secondary N) is 3. The molecule has 23 heavy (non-hydrogen) atoms. The first-order valence-electron chi connectivity index (χ1n) is 6.94. The zero-order valence-electron chi connectivity index (χ0n) is 12.4. The van der Waals surface area contributed by atoms with E-state index in [1.165, 1.54) is 11.8 Å². The molecule has 1 aromatic carbocycles. The molecule has 3 rings (SSSR count). The van der Waals surface area contributed by atoms with E-state index in [0.29, 0.717) is 29.6 Å². The van der Waals surface area contributed by atoms with Crippen molar-refractivity contribution in [3.05, 3.63) is 23.8 Å². The second kappa shape index (κ2) is 6.65. The van der Waals surface area contributed by atoms with Gasteiger partial charge in [-0.1, -0.05) is 11.8 Å². The van der Waals surface area contributed by atoms with Crippen molar-refractivity contribution in [2.75, 3.05) is 22.9 Å². The Kier molecular flexibility index (Phi) is 4.42. The van der Waals surface area contributed by atoms with Crippen LogP contribution >= 0.6 is 11.8 Å². The lowest BCUT2D eigenvalue weighted by Gasteiger charge is -2.08. The first-order chi connectivity index (χ1) is 11.1. The maximum absolute atomic E-state index is 11.8. The molecule has 1 aromatic heterocycles. The molecule has 1 aliphatic rings. The number of anilines is 2. The molecule has 10 heteroatoms. The van der Waals surface area contributed by atoms with Crippen LogP contribution in [0.3, 0.4) is 0 Å². The molecular formula is C13H15N7O2S. The summed E-state index contributed by atoms with van der Waals surface area (Å²) in [4.78, 5) is 23.1. The van der Waals surface area contributed by atoms with Crippen LogP contribution in [0.15, 0.2) is 23.4 Å². The number of aryl methyl sites for hydroxylation is 1. The van der Waals surface area contributed by atoms with E-state index < -0.39 is 0 Å². The lowest BCUT2D eigenvalue weighted by atomic mass is 10.1. The first-order valence-corrected chi connectivity index (χ1v) is 7.93. The highest BCUT2D eigenvalue weighted by atomic mass is 32.2. The van der Waals surface area contributed by atoms with E-state index in [2.05, 4.69) is 31.5 Å². The average molecular weight is 333 g/mol. The lowest BCUT2D eigenvalue weighted by Crippen LogP contribution is -2.30. The van der Waals surface area contributed by atoms with Gasteiger partial charge in [-0.05, 0) is 34.2 Å². The van der Waals surface area contributed by atoms with Crippen molar-refractivity contribution in [2.45, 2.75) is 11.6 Å². The smallest absolute Gasteiger partial charge is 0.319 e. The van der Waals surface area contributed by atoms with Gasteiger partial charge in [0.15, 0.2) is 0 Å². The number of urea groups is 1. The van der Waals surface area contributed by atoms with Gasteiger partial charge in [0.2, 0.25) is 11.1 Å². The van der Waals surface area contributed by atoms with E-state index in [1.807, 2.05) is 0 Å². The summed E-state index contributed by atoms with van der Waals surface area (Å²) < 4.78 is 1.57. The van der Waals surface area contributed by atoms with Crippen molar-refractivity contribution < 1.29 is 9.59 Å². The highest BCUT2D eigenvalue weighted by Crippen LogP contribution is 2.25. The normalized spacial score (nSPS) is 12.7. The van der Waals surface area contributed by atoms with Gasteiger partial charge < -0.3 is 16.0 Å². The van der Waals surface area contributed by atoms with Gasteiger partial charge in [-0.3, -0.25) is 4.79 Å². The number of hydrogen-bond acceptors (Lipinski definition) is 6. The molecule has 0 unspecified atom stereocenters. The van der Waals surface area contributed by atoms with E-state index in [9.17, 15) is 9.59 Å². The van der Waals surface area contributed by atoms with Crippen LogP contribution in [0.2, 0.25) is 0 Å². The van der Waals surface area contributed by atoms with Gasteiger partial charge >= 0.3 is 6.03 Å². The Morgan fingerprint density at radius 1 is 1.48 bits per heavy atom. The molecular weight excluding hydrogens is 318 g/mol. The fraction of sp³-hybridized carbons (Fsp3) is 0.308. The minimum absolute atomic E-state index is 0.0307. The van der Waals surface area contributed by atoms with Crippen molar-refractivity contribution >= 4 is 35.1 Å². The molecule has 2 heterocycles. The molecule has 3 amide bonds. The standard InChI is InChI=1S/C13H15N7O2S/c1-20-13(17-18-19-20)23-5-4-14-12(22)15-9-2-3-10-8(6-9)7-11(21)16-10/h2-3,6H,4-5,7H2,1H3,(H,16,21)(H2,14,15,22). The number of tetrazole rings is 1. The van der Waals surface area contributed by atoms with Crippen LogP contribution in [0.25, 0.3) is 0 Å². The summed E-state index contributed by atoms with van der Waals surface area (Å²) in [5, 5.41) is 20.1. The topological polar surface area (TPSA) is 114 Å². The molecule has 2 aromatic rings. The second-order valence-electron chi connectivity index (χ2n) is 4.91. The summed E-state index contributed by atoms with van der Waals surface area (Å²) in [6, 6.07) is 5.04. The van der Waals surface area contributed by atoms with Gasteiger partial charge in [-0.25, -0.2) is 9.48 Å². The number of rotatable bonds is 5. The number of benzene rings is 1. The fourth-order valence-corrected chi connectivity index (χ4v) is 2.84. The Morgan fingerprint density at radius 2 is 2.35 bits per heavy atom. The molecule has 3 N–H and O–H groups in total. The summed E-state index contributed by atoms with van der Waals surface area (Å²) in [5.74, 6) is 0.626. The van der Waals surface area contributed by atoms with E-state index in [-0.39, 0.29) is 11.9 Å². The number of amides is 3. The van der Waals surface area contributed by atoms with E-state index in [4.69, 9.17) is 0 Å². The monoisotopic (exact) mass is 333 g/mol. The van der Waals surface area contributed by atoms with Gasteiger partial charge in [-0.2, -0.15) is 0 Å². The van der Waals surface area contributed by atoms with Crippen LogP contribution in [0.5, 0.6) is 0 Å². The van der Waals surface area contributed by atoms with Crippen LogP contribution in [0, 0.1) is 0 Å². The highest BCUT2D eigenvalue weighted by molar-refractivity contribution is 7.99. The van der Waals surface area contributed by atoms with Gasteiger partial charge in [0, 0.05) is 30.7 Å². The molecule has 0 radical (unpaired) electrons. The fourth-order valence-electron chi connectivity index (χ4n) is 2.13. The van der Waals surface area contributed by atoms with E-state index in [1.54, 1.807) is 29.9 Å². The molecule has 0 spiro atoms. The first kappa shape index (κ1) is 15.3. The minimum Gasteiger partial charge on any atom is -0.337 e. The van der Waals surface area contributed by atoms with E-state index >= 15 is 0 Å². The van der Waals surface area contributed by atoms with Gasteiger partial charge in [-0.15, -0.1) is 5.10 Å². The predicted molar refractivity (Wildman–Crippen MR) is 85.3 cm³/mol. The Morgan fingerprint density at radius 3 is 3.13 bits per heavy atom. The molecule has 0 bridgehead atoms. The van der Waals surface area contributed by atoms with E-state index in [0.717, 1.165) is 11.3 Å². The van der Waals surface area contributed by atoms with Crippen LogP contribution < -0.4 is 16.0 Å². The van der Waals surface area contributed by atoms with Crippen molar-refractivity contribution in [1.82, 2.24) is 25.5 Å². The third kappa shape index (κ3) is 3.77. The number of nitrogens with zero attached hydrogens (tertiary/aromatic N) is 4.